The van der Waals surface area contributed by atoms with Crippen LogP contribution in [0.4, 0.5) is 5.69 Å². The van der Waals surface area contributed by atoms with Gasteiger partial charge in [0.05, 0.1) is 18.1 Å². The van der Waals surface area contributed by atoms with Crippen LogP contribution in [-0.2, 0) is 14.2 Å². The molecule has 2 saturated heterocycles. The molecule has 0 bridgehead atoms. The molecule has 2 aliphatic rings. The third kappa shape index (κ3) is 5.73. The summed E-state index contributed by atoms with van der Waals surface area (Å²) in [5.74, 6) is 0.0804. The lowest BCUT2D eigenvalue weighted by Gasteiger charge is -2.45. The van der Waals surface area contributed by atoms with E-state index in [0.717, 1.165) is 12.1 Å². The second kappa shape index (κ2) is 11.4. The number of rotatable bonds is 7. The smallest absolute Gasteiger partial charge is 0.269 e. The van der Waals surface area contributed by atoms with Gasteiger partial charge in [0.25, 0.3) is 5.69 Å². The highest BCUT2D eigenvalue weighted by atomic mass is 16.7. The van der Waals surface area contributed by atoms with Gasteiger partial charge in [-0.05, 0) is 12.1 Å². The zero-order valence-electron chi connectivity index (χ0n) is 17.0. The summed E-state index contributed by atoms with van der Waals surface area (Å²) in [7, 11) is 0. The van der Waals surface area contributed by atoms with E-state index in [1.165, 1.54) is 12.1 Å². The van der Waals surface area contributed by atoms with E-state index in [4.69, 9.17) is 18.9 Å². The monoisotopic (exact) mass is 481 g/mol. The van der Waals surface area contributed by atoms with Crippen molar-refractivity contribution < 1.29 is 65.1 Å². The predicted octanol–water partition coefficient (Wildman–Crippen LogP) is -4.23. The van der Waals surface area contributed by atoms with Crippen molar-refractivity contribution >= 4 is 5.69 Å². The Bertz CT molecular complexity index is 761. The molecular formula is C18H27NO14. The highest BCUT2D eigenvalue weighted by Crippen LogP contribution is 2.30. The van der Waals surface area contributed by atoms with Crippen LogP contribution < -0.4 is 4.74 Å². The van der Waals surface area contributed by atoms with Crippen LogP contribution in [0.15, 0.2) is 24.3 Å². The largest absolute Gasteiger partial charge is 0.462 e. The fourth-order valence-corrected chi connectivity index (χ4v) is 3.43. The molecule has 0 saturated carbocycles. The molecule has 15 nitrogen and oxygen atoms in total. The summed E-state index contributed by atoms with van der Waals surface area (Å²) in [5.41, 5.74) is -0.191. The lowest BCUT2D eigenvalue weighted by molar-refractivity contribution is -0.384. The summed E-state index contributed by atoms with van der Waals surface area (Å²) in [5, 5.41) is 80.4. The first-order valence-electron chi connectivity index (χ1n) is 9.67. The zero-order valence-corrected chi connectivity index (χ0v) is 17.0. The van der Waals surface area contributed by atoms with Gasteiger partial charge < -0.3 is 60.2 Å². The summed E-state index contributed by atoms with van der Waals surface area (Å²) in [6.07, 6.45) is -15.7. The van der Waals surface area contributed by atoms with E-state index in [-0.39, 0.29) is 16.9 Å². The highest BCUT2D eigenvalue weighted by molar-refractivity contribution is 5.36. The fraction of sp³-hybridized carbons (Fsp3) is 0.667. The maximum atomic E-state index is 10.7. The number of ether oxygens (including phenoxy) is 4. The first-order valence-corrected chi connectivity index (χ1v) is 9.67. The topological polar surface area (TPSA) is 253 Å². The summed E-state index contributed by atoms with van der Waals surface area (Å²) in [6.45, 7) is -1.42. The number of nitro benzene ring substituents is 1. The van der Waals surface area contributed by atoms with Crippen molar-refractivity contribution in [3.63, 3.8) is 0 Å². The Morgan fingerprint density at radius 3 is 1.91 bits per heavy atom. The molecular weight excluding hydrogens is 454 g/mol. The number of nitrogens with zero attached hydrogens (tertiary/aromatic N) is 1. The quantitative estimate of drug-likeness (QED) is 0.144. The average Bonchev–Trinajstić information content (AvgIpc) is 2.79. The van der Waals surface area contributed by atoms with Crippen molar-refractivity contribution in [1.29, 1.82) is 0 Å². The number of benzene rings is 1. The number of hydrogen-bond acceptors (Lipinski definition) is 13. The van der Waals surface area contributed by atoms with Crippen molar-refractivity contribution in [3.8, 4) is 5.75 Å². The van der Waals surface area contributed by atoms with Crippen molar-refractivity contribution in [2.45, 2.75) is 61.4 Å². The van der Waals surface area contributed by atoms with Crippen molar-refractivity contribution in [2.24, 2.45) is 0 Å². The first kappa shape index (κ1) is 27.2. The van der Waals surface area contributed by atoms with Crippen LogP contribution in [-0.4, -0.2) is 121 Å². The van der Waals surface area contributed by atoms with E-state index < -0.39 is 79.5 Å². The van der Waals surface area contributed by atoms with Gasteiger partial charge in [0, 0.05) is 12.1 Å². The standard InChI is InChI=1S/C18H25NO13.H2O/c20-5-9-11(22)12(23)14(25)18(30-9)32-16-10(6-21)31-17(15(26)13(16)24)29-8-3-1-7(2-4-8)19(27)28;/h1-4,9-18,20-26H,5-6H2;1H2/t9-,10-,11-,12+,13-,14-,15-,16-,17+,18-;/m1./s1. The number of non-ortho nitro benzene ring substituents is 1. The molecule has 9 N–H and O–H groups in total. The van der Waals surface area contributed by atoms with Gasteiger partial charge >= 0.3 is 0 Å². The van der Waals surface area contributed by atoms with E-state index >= 15 is 0 Å². The van der Waals surface area contributed by atoms with Crippen LogP contribution in [0.5, 0.6) is 5.75 Å². The molecule has 0 aromatic heterocycles. The zero-order chi connectivity index (χ0) is 23.6. The second-order valence-electron chi connectivity index (χ2n) is 7.37. The normalized spacial score (nSPS) is 38.9. The Balaban J connectivity index is 0.00000385. The molecule has 2 heterocycles. The molecule has 188 valence electrons. The number of nitro groups is 1. The highest BCUT2D eigenvalue weighted by Gasteiger charge is 2.51. The Morgan fingerprint density at radius 1 is 0.818 bits per heavy atom. The molecule has 0 amide bonds. The maximum absolute atomic E-state index is 10.7. The van der Waals surface area contributed by atoms with Crippen LogP contribution in [0.3, 0.4) is 0 Å². The van der Waals surface area contributed by atoms with Crippen molar-refractivity contribution in [2.75, 3.05) is 13.2 Å². The molecule has 0 aliphatic carbocycles. The van der Waals surface area contributed by atoms with E-state index in [1.54, 1.807) is 0 Å². The molecule has 0 spiro atoms. The molecule has 2 fully saturated rings. The minimum atomic E-state index is -1.77. The summed E-state index contributed by atoms with van der Waals surface area (Å²) < 4.78 is 21.5. The molecule has 2 aliphatic heterocycles. The predicted molar refractivity (Wildman–Crippen MR) is 104 cm³/mol. The Kier molecular flexibility index (Phi) is 9.41. The van der Waals surface area contributed by atoms with E-state index in [2.05, 4.69) is 0 Å². The summed E-state index contributed by atoms with van der Waals surface area (Å²) in [4.78, 5) is 10.1. The molecule has 1 aromatic carbocycles. The Morgan fingerprint density at radius 2 is 1.36 bits per heavy atom. The lowest BCUT2D eigenvalue weighted by atomic mass is 9.97. The third-order valence-corrected chi connectivity index (χ3v) is 5.26. The Hall–Kier alpha value is -2.02. The third-order valence-electron chi connectivity index (χ3n) is 5.26. The van der Waals surface area contributed by atoms with E-state index in [0.29, 0.717) is 0 Å². The molecule has 3 rings (SSSR count). The van der Waals surface area contributed by atoms with Crippen LogP contribution in [0.1, 0.15) is 0 Å². The molecule has 1 aromatic rings. The number of aliphatic hydroxyl groups excluding tert-OH is 7. The van der Waals surface area contributed by atoms with E-state index in [1.807, 2.05) is 0 Å². The van der Waals surface area contributed by atoms with Crippen molar-refractivity contribution in [3.05, 3.63) is 34.4 Å². The first-order chi connectivity index (χ1) is 15.2. The molecule has 10 atom stereocenters. The van der Waals surface area contributed by atoms with Gasteiger partial charge in [-0.25, -0.2) is 0 Å². The number of aliphatic hydroxyl groups is 7. The van der Waals surface area contributed by atoms with Crippen LogP contribution in [0.2, 0.25) is 0 Å². The minimum Gasteiger partial charge on any atom is -0.462 e. The SMILES string of the molecule is O.O=[N+]([O-])c1ccc(O[C@H]2O[C@H](CO)[C@@H](O[C@H]3O[C@H](CO)[C@@H](O)[C@H](O)[C@H]3O)[C@H](O)[C@H]2O)cc1. The van der Waals surface area contributed by atoms with Crippen molar-refractivity contribution in [1.82, 2.24) is 0 Å². The second-order valence-corrected chi connectivity index (χ2v) is 7.37. The van der Waals surface area contributed by atoms with E-state index in [9.17, 15) is 45.9 Å². The van der Waals surface area contributed by atoms with Gasteiger partial charge in [0.15, 0.2) is 6.29 Å². The molecule has 0 radical (unpaired) electrons. The molecule has 33 heavy (non-hydrogen) atoms. The minimum absolute atomic E-state index is 0. The fourth-order valence-electron chi connectivity index (χ4n) is 3.43. The summed E-state index contributed by atoms with van der Waals surface area (Å²) >= 11 is 0. The van der Waals surface area contributed by atoms with Gasteiger partial charge in [-0.15, -0.1) is 0 Å². The van der Waals surface area contributed by atoms with Crippen LogP contribution in [0, 0.1) is 10.1 Å². The van der Waals surface area contributed by atoms with Crippen LogP contribution >= 0.6 is 0 Å². The van der Waals surface area contributed by atoms with Crippen LogP contribution in [0.25, 0.3) is 0 Å². The van der Waals surface area contributed by atoms with Gasteiger partial charge in [-0.3, -0.25) is 10.1 Å². The molecule has 0 unspecified atom stereocenters. The lowest BCUT2D eigenvalue weighted by Crippen LogP contribution is -2.65. The maximum Gasteiger partial charge on any atom is 0.269 e. The van der Waals surface area contributed by atoms with Gasteiger partial charge in [-0.1, -0.05) is 0 Å². The van der Waals surface area contributed by atoms with Gasteiger partial charge in [0.2, 0.25) is 6.29 Å². The average molecular weight is 481 g/mol. The Labute approximate surface area is 186 Å². The number of hydrogen-bond donors (Lipinski definition) is 7. The summed E-state index contributed by atoms with van der Waals surface area (Å²) in [6, 6.07) is 4.83. The van der Waals surface area contributed by atoms with Gasteiger partial charge in [0.1, 0.15) is 54.6 Å². The van der Waals surface area contributed by atoms with Gasteiger partial charge in [-0.2, -0.15) is 0 Å². The molecule has 15 heteroatoms.